The van der Waals surface area contributed by atoms with Crippen molar-refractivity contribution in [3.8, 4) is 22.8 Å². The van der Waals surface area contributed by atoms with E-state index in [1.807, 2.05) is 19.1 Å². The van der Waals surface area contributed by atoms with Gasteiger partial charge in [0.05, 0.1) is 11.4 Å². The second-order valence-electron chi connectivity index (χ2n) is 7.52. The molecular weight excluding hydrogens is 493 g/mol. The molecule has 8 nitrogen and oxygen atoms in total. The van der Waals surface area contributed by atoms with Crippen LogP contribution in [0.1, 0.15) is 5.56 Å². The second-order valence-corrected chi connectivity index (χ2v) is 7.94. The maximum atomic E-state index is 12.9. The number of hydrogen-bond acceptors (Lipinski definition) is 5. The SMILES string of the molecule is Cc1ccccc1N(C(=O)Nc1ccc(-c2ncn(-c3ccc(OC(F)(F)F)cc3)n2)cc1)C(N)=S. The van der Waals surface area contributed by atoms with Gasteiger partial charge in [0.2, 0.25) is 0 Å². The van der Waals surface area contributed by atoms with Crippen LogP contribution in [0.3, 0.4) is 0 Å². The first-order valence-electron chi connectivity index (χ1n) is 10.5. The highest BCUT2D eigenvalue weighted by molar-refractivity contribution is 7.80. The Balaban J connectivity index is 1.46. The van der Waals surface area contributed by atoms with Crippen molar-refractivity contribution in [1.29, 1.82) is 0 Å². The molecule has 4 rings (SSSR count). The third-order valence-corrected chi connectivity index (χ3v) is 5.18. The number of carbonyl (C=O) groups is 1. The lowest BCUT2D eigenvalue weighted by Crippen LogP contribution is -2.43. The van der Waals surface area contributed by atoms with Crippen LogP contribution in [0.25, 0.3) is 17.1 Å². The van der Waals surface area contributed by atoms with E-state index in [0.717, 1.165) is 5.56 Å². The lowest BCUT2D eigenvalue weighted by atomic mass is 10.2. The van der Waals surface area contributed by atoms with Gasteiger partial charge in [0, 0.05) is 11.3 Å². The van der Waals surface area contributed by atoms with E-state index < -0.39 is 12.4 Å². The number of nitrogens with two attached hydrogens (primary N) is 1. The summed E-state index contributed by atoms with van der Waals surface area (Å²) in [5.41, 5.74) is 8.87. The van der Waals surface area contributed by atoms with E-state index in [1.165, 1.54) is 40.2 Å². The summed E-state index contributed by atoms with van der Waals surface area (Å²) in [5.74, 6) is 0.0498. The number of alkyl halides is 3. The monoisotopic (exact) mass is 512 g/mol. The Kier molecular flexibility index (Phi) is 6.88. The number of halogens is 3. The van der Waals surface area contributed by atoms with Gasteiger partial charge in [-0.05, 0) is 79.3 Å². The second kappa shape index (κ2) is 10.0. The van der Waals surface area contributed by atoms with Crippen LogP contribution in [0.2, 0.25) is 0 Å². The molecule has 12 heteroatoms. The van der Waals surface area contributed by atoms with Crippen LogP contribution < -0.4 is 20.7 Å². The highest BCUT2D eigenvalue weighted by Crippen LogP contribution is 2.25. The fourth-order valence-electron chi connectivity index (χ4n) is 3.34. The van der Waals surface area contributed by atoms with Gasteiger partial charge in [0.25, 0.3) is 0 Å². The van der Waals surface area contributed by atoms with Gasteiger partial charge in [0.15, 0.2) is 10.9 Å². The minimum atomic E-state index is -4.76. The zero-order valence-electron chi connectivity index (χ0n) is 18.7. The van der Waals surface area contributed by atoms with Crippen molar-refractivity contribution in [3.05, 3.63) is 84.7 Å². The van der Waals surface area contributed by atoms with Crippen molar-refractivity contribution in [2.24, 2.45) is 5.73 Å². The van der Waals surface area contributed by atoms with E-state index in [9.17, 15) is 18.0 Å². The maximum Gasteiger partial charge on any atom is 0.573 e. The molecule has 2 amide bonds. The minimum Gasteiger partial charge on any atom is -0.406 e. The molecule has 3 aromatic carbocycles. The van der Waals surface area contributed by atoms with Gasteiger partial charge in [-0.25, -0.2) is 19.4 Å². The zero-order valence-corrected chi connectivity index (χ0v) is 19.5. The summed E-state index contributed by atoms with van der Waals surface area (Å²) < 4.78 is 42.3. The number of urea groups is 1. The average Bonchev–Trinajstić information content (AvgIpc) is 3.30. The van der Waals surface area contributed by atoms with Crippen LogP contribution in [-0.4, -0.2) is 32.3 Å². The summed E-state index contributed by atoms with van der Waals surface area (Å²) in [6, 6.07) is 18.7. The first-order valence-corrected chi connectivity index (χ1v) is 10.9. The lowest BCUT2D eigenvalue weighted by Gasteiger charge is -2.23. The molecule has 1 heterocycles. The van der Waals surface area contributed by atoms with Crippen LogP contribution >= 0.6 is 12.2 Å². The van der Waals surface area contributed by atoms with E-state index in [2.05, 4.69) is 20.1 Å². The number of ether oxygens (including phenoxy) is 1. The summed E-state index contributed by atoms with van der Waals surface area (Å²) in [4.78, 5) is 18.3. The topological polar surface area (TPSA) is 98.3 Å². The van der Waals surface area contributed by atoms with Crippen LogP contribution in [0.4, 0.5) is 29.3 Å². The van der Waals surface area contributed by atoms with E-state index in [4.69, 9.17) is 18.0 Å². The fourth-order valence-corrected chi connectivity index (χ4v) is 3.53. The van der Waals surface area contributed by atoms with Gasteiger partial charge in [-0.1, -0.05) is 18.2 Å². The number of aromatic nitrogens is 3. The fraction of sp³-hybridized carbons (Fsp3) is 0.0833. The Hall–Kier alpha value is -4.45. The first-order chi connectivity index (χ1) is 17.1. The van der Waals surface area contributed by atoms with E-state index in [-0.39, 0.29) is 10.9 Å². The molecule has 0 aliphatic heterocycles. The standard InChI is InChI=1S/C24H19F3N6O2S/c1-15-4-2-3-5-20(15)33(22(28)36)23(34)30-17-8-6-16(7-9-17)21-29-14-32(31-21)18-10-12-19(13-11-18)35-24(25,26)27/h2-14H,1H3,(H2,28,36)(H,30,34). The smallest absolute Gasteiger partial charge is 0.406 e. The largest absolute Gasteiger partial charge is 0.573 e. The summed E-state index contributed by atoms with van der Waals surface area (Å²) in [6.07, 6.45) is -3.32. The third-order valence-electron chi connectivity index (χ3n) is 5.00. The molecule has 0 radical (unpaired) electrons. The number of thiocarbonyl (C=S) groups is 1. The molecule has 36 heavy (non-hydrogen) atoms. The van der Waals surface area contributed by atoms with Crippen LogP contribution in [0.5, 0.6) is 5.75 Å². The van der Waals surface area contributed by atoms with E-state index in [1.54, 1.807) is 36.4 Å². The zero-order chi connectivity index (χ0) is 25.9. The predicted octanol–water partition coefficient (Wildman–Crippen LogP) is 5.42. The highest BCUT2D eigenvalue weighted by Gasteiger charge is 2.31. The number of amides is 2. The molecule has 0 unspecified atom stereocenters. The summed E-state index contributed by atoms with van der Waals surface area (Å²) >= 11 is 5.08. The van der Waals surface area contributed by atoms with Crippen molar-refractivity contribution in [1.82, 2.24) is 14.8 Å². The molecule has 3 N–H and O–H groups in total. The average molecular weight is 513 g/mol. The molecule has 1 aromatic heterocycles. The van der Waals surface area contributed by atoms with Crippen molar-refractivity contribution in [2.45, 2.75) is 13.3 Å². The van der Waals surface area contributed by atoms with Gasteiger partial charge >= 0.3 is 12.4 Å². The van der Waals surface area contributed by atoms with E-state index in [0.29, 0.717) is 28.5 Å². The van der Waals surface area contributed by atoms with Crippen molar-refractivity contribution in [3.63, 3.8) is 0 Å². The van der Waals surface area contributed by atoms with Gasteiger partial charge in [-0.3, -0.25) is 0 Å². The molecule has 4 aromatic rings. The summed E-state index contributed by atoms with van der Waals surface area (Å²) in [6.45, 7) is 1.85. The Morgan fingerprint density at radius 3 is 2.33 bits per heavy atom. The number of carbonyl (C=O) groups excluding carboxylic acids is 1. The number of anilines is 2. The Labute approximate surface area is 209 Å². The van der Waals surface area contributed by atoms with Gasteiger partial charge in [0.1, 0.15) is 12.1 Å². The highest BCUT2D eigenvalue weighted by atomic mass is 32.1. The number of nitrogens with one attached hydrogen (secondary N) is 1. The van der Waals surface area contributed by atoms with Gasteiger partial charge in [-0.2, -0.15) is 0 Å². The van der Waals surface area contributed by atoms with Crippen molar-refractivity contribution < 1.29 is 22.7 Å². The normalized spacial score (nSPS) is 11.1. The predicted molar refractivity (Wildman–Crippen MR) is 133 cm³/mol. The van der Waals surface area contributed by atoms with Gasteiger partial charge in [-0.15, -0.1) is 18.3 Å². The number of rotatable bonds is 5. The number of benzene rings is 3. The Bertz CT molecular complexity index is 1390. The molecule has 0 atom stereocenters. The molecular formula is C24H19F3N6O2S. The van der Waals surface area contributed by atoms with Crippen LogP contribution in [0.15, 0.2) is 79.1 Å². The molecule has 0 spiro atoms. The first kappa shape index (κ1) is 24.7. The van der Waals surface area contributed by atoms with Crippen LogP contribution in [0, 0.1) is 6.92 Å². The van der Waals surface area contributed by atoms with Crippen molar-refractivity contribution in [2.75, 3.05) is 10.2 Å². The van der Waals surface area contributed by atoms with Crippen molar-refractivity contribution >= 4 is 34.7 Å². The molecule has 0 aliphatic carbocycles. The molecule has 0 aliphatic rings. The summed E-state index contributed by atoms with van der Waals surface area (Å²) in [5, 5.41) is 7.03. The summed E-state index contributed by atoms with van der Waals surface area (Å²) in [7, 11) is 0. The molecule has 0 fully saturated rings. The van der Waals surface area contributed by atoms with Gasteiger partial charge < -0.3 is 15.8 Å². The Morgan fingerprint density at radius 2 is 1.72 bits per heavy atom. The molecule has 184 valence electrons. The molecule has 0 saturated carbocycles. The maximum absolute atomic E-state index is 12.9. The van der Waals surface area contributed by atoms with Crippen LogP contribution in [-0.2, 0) is 0 Å². The van der Waals surface area contributed by atoms with E-state index >= 15 is 0 Å². The molecule has 0 saturated heterocycles. The lowest BCUT2D eigenvalue weighted by molar-refractivity contribution is -0.274. The minimum absolute atomic E-state index is 0.0915. The number of para-hydroxylation sites is 1. The number of hydrogen-bond donors (Lipinski definition) is 2. The quantitative estimate of drug-likeness (QED) is 0.347. The molecule has 0 bridgehead atoms. The number of nitrogens with zero attached hydrogens (tertiary/aromatic N) is 4. The third kappa shape index (κ3) is 5.78. The Morgan fingerprint density at radius 1 is 1.06 bits per heavy atom. The number of aryl methyl sites for hydroxylation is 1.